The predicted octanol–water partition coefficient (Wildman–Crippen LogP) is 2.21. The second-order valence-electron chi connectivity index (χ2n) is 3.80. The van der Waals surface area contributed by atoms with Gasteiger partial charge in [-0.15, -0.1) is 0 Å². The first kappa shape index (κ1) is 10.5. The Morgan fingerprint density at radius 2 is 2.17 bits per heavy atom. The number of amides is 1. The van der Waals surface area contributed by atoms with Gasteiger partial charge in [-0.1, -0.05) is 6.07 Å². The van der Waals surface area contributed by atoms with E-state index >= 15 is 0 Å². The Morgan fingerprint density at radius 1 is 1.22 bits per heavy atom. The van der Waals surface area contributed by atoms with Crippen molar-refractivity contribution in [3.05, 3.63) is 54.6 Å². The van der Waals surface area contributed by atoms with Crippen molar-refractivity contribution >= 4 is 22.6 Å². The lowest BCUT2D eigenvalue weighted by atomic mass is 10.3. The van der Waals surface area contributed by atoms with Crippen LogP contribution in [0.4, 0.5) is 5.69 Å². The van der Waals surface area contributed by atoms with Gasteiger partial charge in [0.05, 0.1) is 22.9 Å². The zero-order chi connectivity index (χ0) is 12.4. The molecular formula is C13H10N4O. The molecule has 0 spiro atoms. The van der Waals surface area contributed by atoms with Gasteiger partial charge >= 0.3 is 0 Å². The first-order valence-electron chi connectivity index (χ1n) is 5.48. The van der Waals surface area contributed by atoms with Gasteiger partial charge in [0.25, 0.3) is 5.91 Å². The minimum absolute atomic E-state index is 0.247. The van der Waals surface area contributed by atoms with E-state index in [0.29, 0.717) is 11.4 Å². The van der Waals surface area contributed by atoms with Crippen LogP contribution in [0.1, 0.15) is 10.5 Å². The summed E-state index contributed by atoms with van der Waals surface area (Å²) in [6.45, 7) is 0. The molecule has 0 saturated carbocycles. The molecule has 0 unspecified atom stereocenters. The van der Waals surface area contributed by atoms with Crippen molar-refractivity contribution in [2.24, 2.45) is 0 Å². The maximum Gasteiger partial charge on any atom is 0.274 e. The summed E-state index contributed by atoms with van der Waals surface area (Å²) < 4.78 is 0. The lowest BCUT2D eigenvalue weighted by molar-refractivity contribution is 0.102. The van der Waals surface area contributed by atoms with Crippen molar-refractivity contribution < 1.29 is 4.79 Å². The first-order chi connectivity index (χ1) is 8.83. The fourth-order valence-corrected chi connectivity index (χ4v) is 1.69. The molecule has 0 fully saturated rings. The van der Waals surface area contributed by atoms with Gasteiger partial charge in [0.1, 0.15) is 5.69 Å². The molecule has 2 N–H and O–H groups in total. The normalized spacial score (nSPS) is 10.4. The van der Waals surface area contributed by atoms with Crippen LogP contribution in [-0.2, 0) is 0 Å². The molecule has 88 valence electrons. The number of nitrogens with zero attached hydrogens (tertiary/aromatic N) is 2. The Hall–Kier alpha value is -2.69. The number of pyridine rings is 2. The molecule has 0 radical (unpaired) electrons. The molecule has 0 saturated heterocycles. The van der Waals surface area contributed by atoms with E-state index in [2.05, 4.69) is 20.3 Å². The van der Waals surface area contributed by atoms with Crippen LogP contribution in [0.25, 0.3) is 11.0 Å². The molecule has 3 aromatic rings. The van der Waals surface area contributed by atoms with Crippen LogP contribution in [-0.4, -0.2) is 20.9 Å². The summed E-state index contributed by atoms with van der Waals surface area (Å²) in [5.74, 6) is -0.247. The molecule has 5 heteroatoms. The van der Waals surface area contributed by atoms with Crippen molar-refractivity contribution in [3.8, 4) is 0 Å². The van der Waals surface area contributed by atoms with E-state index in [1.165, 1.54) is 0 Å². The number of rotatable bonds is 2. The highest BCUT2D eigenvalue weighted by atomic mass is 16.1. The van der Waals surface area contributed by atoms with E-state index in [-0.39, 0.29) is 5.91 Å². The molecule has 0 atom stereocenters. The van der Waals surface area contributed by atoms with E-state index < -0.39 is 0 Å². The number of H-pyrrole nitrogens is 1. The molecule has 3 heterocycles. The molecule has 18 heavy (non-hydrogen) atoms. The molecule has 1 amide bonds. The molecule has 0 bridgehead atoms. The lowest BCUT2D eigenvalue weighted by Gasteiger charge is -2.03. The number of carbonyl (C=O) groups excluding carboxylic acids is 1. The second kappa shape index (κ2) is 4.29. The SMILES string of the molecule is O=C(Nc1cnc2cc[nH]c2c1)c1ccccn1. The molecule has 5 nitrogen and oxygen atoms in total. The molecule has 0 aromatic carbocycles. The smallest absolute Gasteiger partial charge is 0.274 e. The number of aromatic nitrogens is 3. The Morgan fingerprint density at radius 3 is 3.00 bits per heavy atom. The van der Waals surface area contributed by atoms with E-state index in [4.69, 9.17) is 0 Å². The van der Waals surface area contributed by atoms with Gasteiger partial charge in [-0.2, -0.15) is 0 Å². The third-order valence-electron chi connectivity index (χ3n) is 2.55. The number of carbonyl (C=O) groups is 1. The fourth-order valence-electron chi connectivity index (χ4n) is 1.69. The Labute approximate surface area is 103 Å². The van der Waals surface area contributed by atoms with E-state index in [0.717, 1.165) is 11.0 Å². The van der Waals surface area contributed by atoms with Crippen molar-refractivity contribution in [2.75, 3.05) is 5.32 Å². The standard InChI is InChI=1S/C13H10N4O/c18-13(11-3-1-2-5-14-11)17-9-7-12-10(16-8-9)4-6-15-12/h1-8,15H,(H,17,18). The zero-order valence-corrected chi connectivity index (χ0v) is 9.42. The van der Waals surface area contributed by atoms with Crippen molar-refractivity contribution in [1.82, 2.24) is 15.0 Å². The van der Waals surface area contributed by atoms with Gasteiger partial charge in [-0.25, -0.2) is 0 Å². The van der Waals surface area contributed by atoms with Crippen molar-refractivity contribution in [2.45, 2.75) is 0 Å². The van der Waals surface area contributed by atoms with Crippen LogP contribution in [0.15, 0.2) is 48.9 Å². The number of hydrogen-bond acceptors (Lipinski definition) is 3. The second-order valence-corrected chi connectivity index (χ2v) is 3.80. The summed E-state index contributed by atoms with van der Waals surface area (Å²) >= 11 is 0. The third kappa shape index (κ3) is 1.93. The van der Waals surface area contributed by atoms with E-state index in [1.807, 2.05) is 18.3 Å². The van der Waals surface area contributed by atoms with Crippen LogP contribution in [0, 0.1) is 0 Å². The Kier molecular flexibility index (Phi) is 2.49. The summed E-state index contributed by atoms with van der Waals surface area (Å²) in [6, 6.07) is 8.91. The van der Waals surface area contributed by atoms with Gasteiger partial charge in [0, 0.05) is 12.4 Å². The highest BCUT2D eigenvalue weighted by Crippen LogP contribution is 2.15. The fraction of sp³-hybridized carbons (Fsp3) is 0. The van der Waals surface area contributed by atoms with Crippen molar-refractivity contribution in [3.63, 3.8) is 0 Å². The molecule has 3 aromatic heterocycles. The quantitative estimate of drug-likeness (QED) is 0.719. The summed E-state index contributed by atoms with van der Waals surface area (Å²) in [7, 11) is 0. The highest BCUT2D eigenvalue weighted by Gasteiger charge is 2.07. The van der Waals surface area contributed by atoms with Crippen LogP contribution >= 0.6 is 0 Å². The van der Waals surface area contributed by atoms with Gasteiger partial charge in [-0.3, -0.25) is 14.8 Å². The average molecular weight is 238 g/mol. The van der Waals surface area contributed by atoms with Crippen molar-refractivity contribution in [1.29, 1.82) is 0 Å². The monoisotopic (exact) mass is 238 g/mol. The topological polar surface area (TPSA) is 70.7 Å². The zero-order valence-electron chi connectivity index (χ0n) is 9.42. The largest absolute Gasteiger partial charge is 0.360 e. The molecule has 0 aliphatic heterocycles. The average Bonchev–Trinajstić information content (AvgIpc) is 2.87. The minimum Gasteiger partial charge on any atom is -0.360 e. The molecule has 3 rings (SSSR count). The lowest BCUT2D eigenvalue weighted by Crippen LogP contribution is -2.13. The highest BCUT2D eigenvalue weighted by molar-refractivity contribution is 6.03. The number of hydrogen-bond donors (Lipinski definition) is 2. The number of nitrogens with one attached hydrogen (secondary N) is 2. The van der Waals surface area contributed by atoms with E-state index in [1.54, 1.807) is 30.6 Å². The maximum absolute atomic E-state index is 11.9. The Balaban J connectivity index is 1.86. The maximum atomic E-state index is 11.9. The van der Waals surface area contributed by atoms with Gasteiger partial charge < -0.3 is 10.3 Å². The summed E-state index contributed by atoms with van der Waals surface area (Å²) in [5, 5.41) is 2.76. The van der Waals surface area contributed by atoms with Gasteiger partial charge in [0.15, 0.2) is 0 Å². The van der Waals surface area contributed by atoms with Crippen LogP contribution in [0.2, 0.25) is 0 Å². The molecule has 0 aliphatic rings. The van der Waals surface area contributed by atoms with Crippen LogP contribution in [0.5, 0.6) is 0 Å². The van der Waals surface area contributed by atoms with Crippen LogP contribution in [0.3, 0.4) is 0 Å². The van der Waals surface area contributed by atoms with Gasteiger partial charge in [-0.05, 0) is 24.3 Å². The van der Waals surface area contributed by atoms with Gasteiger partial charge in [0.2, 0.25) is 0 Å². The predicted molar refractivity (Wildman–Crippen MR) is 68.3 cm³/mol. The number of fused-ring (bicyclic) bond motifs is 1. The minimum atomic E-state index is -0.247. The summed E-state index contributed by atoms with van der Waals surface area (Å²) in [4.78, 5) is 23.1. The number of anilines is 1. The number of aromatic amines is 1. The van der Waals surface area contributed by atoms with Crippen LogP contribution < -0.4 is 5.32 Å². The molecular weight excluding hydrogens is 228 g/mol. The van der Waals surface area contributed by atoms with E-state index in [9.17, 15) is 4.79 Å². The Bertz CT molecular complexity index is 690. The third-order valence-corrected chi connectivity index (χ3v) is 2.55. The molecule has 0 aliphatic carbocycles. The summed E-state index contributed by atoms with van der Waals surface area (Å²) in [5.41, 5.74) is 2.77. The summed E-state index contributed by atoms with van der Waals surface area (Å²) in [6.07, 6.45) is 5.01. The first-order valence-corrected chi connectivity index (χ1v) is 5.48.